The SMILES string of the molecule is O=C(O)/C=C/C(=O)O.O=C(O)/C=C/C(=O)O.OCCN1CCN(CC/C=C2/c3ccccc3CSc3ccccc32)CC1. The van der Waals surface area contributed by atoms with Crippen molar-refractivity contribution >= 4 is 41.2 Å². The molecule has 0 unspecified atom stereocenters. The molecule has 1 fully saturated rings. The number of hydrogen-bond donors (Lipinski definition) is 5. The van der Waals surface area contributed by atoms with Gasteiger partial charge in [0.25, 0.3) is 0 Å². The number of carbonyl (C=O) groups is 4. The number of piperazine rings is 1. The molecule has 43 heavy (non-hydrogen) atoms. The minimum absolute atomic E-state index is 0.267. The van der Waals surface area contributed by atoms with Crippen LogP contribution in [0, 0.1) is 0 Å². The van der Waals surface area contributed by atoms with Crippen molar-refractivity contribution in [2.45, 2.75) is 17.1 Å². The zero-order chi connectivity index (χ0) is 31.6. The summed E-state index contributed by atoms with van der Waals surface area (Å²) >= 11 is 1.95. The minimum atomic E-state index is -1.26. The van der Waals surface area contributed by atoms with Crippen molar-refractivity contribution < 1.29 is 44.7 Å². The Kier molecular flexibility index (Phi) is 15.5. The number of β-amino-alcohol motifs (C(OH)–C–C–N with tert-alkyl or cyclic N) is 1. The van der Waals surface area contributed by atoms with Crippen LogP contribution in [0.15, 0.2) is 83.8 Å². The number of hydrogen-bond acceptors (Lipinski definition) is 8. The summed E-state index contributed by atoms with van der Waals surface area (Å²) in [5.74, 6) is -3.99. The molecule has 11 nitrogen and oxygen atoms in total. The predicted octanol–water partition coefficient (Wildman–Crippen LogP) is 3.15. The van der Waals surface area contributed by atoms with Crippen molar-refractivity contribution in [2.24, 2.45) is 0 Å². The van der Waals surface area contributed by atoms with Crippen molar-refractivity contribution in [3.8, 4) is 0 Å². The summed E-state index contributed by atoms with van der Waals surface area (Å²) in [7, 11) is 0. The number of carboxylic acid groups (broad SMARTS) is 4. The Balaban J connectivity index is 0.000000334. The number of thioether (sulfide) groups is 1. The van der Waals surface area contributed by atoms with Crippen LogP contribution in [0.1, 0.15) is 23.1 Å². The first-order chi connectivity index (χ1) is 20.6. The molecule has 0 saturated carbocycles. The maximum Gasteiger partial charge on any atom is 0.328 e. The second-order valence-electron chi connectivity index (χ2n) is 9.27. The summed E-state index contributed by atoms with van der Waals surface area (Å²) in [6.45, 7) is 6.53. The molecule has 0 radical (unpaired) electrons. The smallest absolute Gasteiger partial charge is 0.328 e. The minimum Gasteiger partial charge on any atom is -0.478 e. The van der Waals surface area contributed by atoms with Crippen molar-refractivity contribution in [1.82, 2.24) is 9.80 Å². The second-order valence-corrected chi connectivity index (χ2v) is 10.3. The summed E-state index contributed by atoms with van der Waals surface area (Å²) in [4.78, 5) is 44.5. The van der Waals surface area contributed by atoms with Gasteiger partial charge in [-0.3, -0.25) is 4.90 Å². The highest BCUT2D eigenvalue weighted by atomic mass is 32.2. The van der Waals surface area contributed by atoms with Crippen molar-refractivity contribution in [2.75, 3.05) is 45.9 Å². The molecule has 2 aliphatic heterocycles. The average molecular weight is 613 g/mol. The number of fused-ring (bicyclic) bond motifs is 2. The van der Waals surface area contributed by atoms with Crippen LogP contribution in [0.5, 0.6) is 0 Å². The molecule has 2 aliphatic rings. The monoisotopic (exact) mass is 612 g/mol. The molecule has 0 bridgehead atoms. The summed E-state index contributed by atoms with van der Waals surface area (Å²) in [5.41, 5.74) is 5.59. The Hall–Kier alpha value is -4.23. The van der Waals surface area contributed by atoms with Gasteiger partial charge < -0.3 is 30.4 Å². The first kappa shape index (κ1) is 35.0. The number of benzene rings is 2. The van der Waals surface area contributed by atoms with Crippen LogP contribution in [0.3, 0.4) is 0 Å². The molecule has 230 valence electrons. The molecule has 0 spiro atoms. The van der Waals surface area contributed by atoms with Crippen molar-refractivity contribution in [3.05, 3.63) is 95.6 Å². The van der Waals surface area contributed by atoms with Gasteiger partial charge in [0, 0.05) is 74.2 Å². The van der Waals surface area contributed by atoms with Gasteiger partial charge >= 0.3 is 23.9 Å². The van der Waals surface area contributed by atoms with Gasteiger partial charge in [-0.05, 0) is 34.8 Å². The van der Waals surface area contributed by atoms with Gasteiger partial charge in [-0.1, -0.05) is 48.5 Å². The molecule has 5 N–H and O–H groups in total. The Morgan fingerprint density at radius 2 is 1.14 bits per heavy atom. The molecular formula is C31H36N2O9S. The van der Waals surface area contributed by atoms with E-state index in [-0.39, 0.29) is 6.61 Å². The molecular weight excluding hydrogens is 576 g/mol. The van der Waals surface area contributed by atoms with Crippen LogP contribution in [0.25, 0.3) is 5.57 Å². The largest absolute Gasteiger partial charge is 0.478 e. The lowest BCUT2D eigenvalue weighted by molar-refractivity contribution is -0.134. The van der Waals surface area contributed by atoms with E-state index in [1.54, 1.807) is 0 Å². The number of nitrogens with zero attached hydrogens (tertiary/aromatic N) is 2. The quantitative estimate of drug-likeness (QED) is 0.262. The summed E-state index contributed by atoms with van der Waals surface area (Å²) in [6, 6.07) is 17.7. The number of rotatable bonds is 9. The molecule has 2 aromatic carbocycles. The van der Waals surface area contributed by atoms with Crippen LogP contribution in [-0.4, -0.2) is 105 Å². The summed E-state index contributed by atoms with van der Waals surface area (Å²) in [5, 5.41) is 40.3. The second kappa shape index (κ2) is 19.1. The van der Waals surface area contributed by atoms with E-state index >= 15 is 0 Å². The van der Waals surface area contributed by atoms with E-state index in [4.69, 9.17) is 25.5 Å². The number of aliphatic hydroxyl groups is 1. The Morgan fingerprint density at radius 3 is 1.65 bits per heavy atom. The third-order valence-electron chi connectivity index (χ3n) is 6.28. The standard InChI is InChI=1S/C23H28N2OS.2C4H4O4/c26-17-16-25-14-12-24(13-15-25)11-5-9-21-20-7-2-1-6-19(20)18-27-23-10-4-3-8-22(21)23;2*5-3(6)1-2-4(7)8/h1-4,6-10,26H,5,11-18H2;2*1-2H,(H,5,6)(H,7,8)/b21-9-;2*2-1+. The predicted molar refractivity (Wildman–Crippen MR) is 163 cm³/mol. The zero-order valence-corrected chi connectivity index (χ0v) is 24.4. The lowest BCUT2D eigenvalue weighted by Gasteiger charge is -2.34. The van der Waals surface area contributed by atoms with Gasteiger partial charge in [0.1, 0.15) is 0 Å². The van der Waals surface area contributed by atoms with E-state index in [0.717, 1.165) is 51.4 Å². The van der Waals surface area contributed by atoms with Crippen LogP contribution < -0.4 is 0 Å². The maximum absolute atomic E-state index is 9.55. The molecule has 0 amide bonds. The molecule has 2 aromatic rings. The first-order valence-electron chi connectivity index (χ1n) is 13.4. The first-order valence-corrected chi connectivity index (χ1v) is 14.4. The molecule has 1 saturated heterocycles. The van der Waals surface area contributed by atoms with Crippen LogP contribution in [0.4, 0.5) is 0 Å². The summed E-state index contributed by atoms with van der Waals surface area (Å²) < 4.78 is 0. The highest BCUT2D eigenvalue weighted by Crippen LogP contribution is 2.40. The Bertz CT molecular complexity index is 1220. The van der Waals surface area contributed by atoms with E-state index in [1.165, 1.54) is 27.2 Å². The van der Waals surface area contributed by atoms with Gasteiger partial charge in [-0.25, -0.2) is 19.2 Å². The van der Waals surface area contributed by atoms with E-state index < -0.39 is 23.9 Å². The van der Waals surface area contributed by atoms with Gasteiger partial charge in [-0.15, -0.1) is 11.8 Å². The van der Waals surface area contributed by atoms with E-state index in [2.05, 4.69) is 64.4 Å². The molecule has 0 aliphatic carbocycles. The highest BCUT2D eigenvalue weighted by molar-refractivity contribution is 7.98. The van der Waals surface area contributed by atoms with E-state index in [9.17, 15) is 19.2 Å². The van der Waals surface area contributed by atoms with Gasteiger partial charge in [0.15, 0.2) is 0 Å². The topological polar surface area (TPSA) is 176 Å². The average Bonchev–Trinajstić information content (AvgIpc) is 3.14. The number of aliphatic hydroxyl groups excluding tert-OH is 1. The molecule has 4 rings (SSSR count). The van der Waals surface area contributed by atoms with Crippen LogP contribution in [-0.2, 0) is 24.9 Å². The van der Waals surface area contributed by atoms with Crippen molar-refractivity contribution in [1.29, 1.82) is 0 Å². The van der Waals surface area contributed by atoms with E-state index in [0.29, 0.717) is 24.3 Å². The lowest BCUT2D eigenvalue weighted by atomic mass is 9.93. The third kappa shape index (κ3) is 13.5. The van der Waals surface area contributed by atoms with Crippen LogP contribution >= 0.6 is 11.8 Å². The summed E-state index contributed by atoms with van der Waals surface area (Å²) in [6.07, 6.45) is 5.75. The Labute approximate surface area is 254 Å². The van der Waals surface area contributed by atoms with Gasteiger partial charge in [0.2, 0.25) is 0 Å². The fourth-order valence-electron chi connectivity index (χ4n) is 4.30. The molecule has 2 heterocycles. The van der Waals surface area contributed by atoms with Gasteiger partial charge in [-0.2, -0.15) is 0 Å². The fourth-order valence-corrected chi connectivity index (χ4v) is 5.37. The molecule has 12 heteroatoms. The number of aliphatic carboxylic acids is 4. The van der Waals surface area contributed by atoms with Gasteiger partial charge in [0.05, 0.1) is 6.61 Å². The molecule has 0 aromatic heterocycles. The van der Waals surface area contributed by atoms with Crippen LogP contribution in [0.2, 0.25) is 0 Å². The normalized spacial score (nSPS) is 15.8. The third-order valence-corrected chi connectivity index (χ3v) is 7.40. The number of carboxylic acids is 4. The fraction of sp³-hybridized carbons (Fsp3) is 0.290. The Morgan fingerprint density at radius 1 is 0.674 bits per heavy atom. The molecule has 0 atom stereocenters. The van der Waals surface area contributed by atoms with Crippen molar-refractivity contribution in [3.63, 3.8) is 0 Å². The highest BCUT2D eigenvalue weighted by Gasteiger charge is 2.19. The zero-order valence-electron chi connectivity index (χ0n) is 23.5. The lowest BCUT2D eigenvalue weighted by Crippen LogP contribution is -2.47. The maximum atomic E-state index is 9.55. The van der Waals surface area contributed by atoms with E-state index in [1.807, 2.05) is 11.8 Å².